The van der Waals surface area contributed by atoms with Crippen LogP contribution in [-0.2, 0) is 0 Å². The van der Waals surface area contributed by atoms with Gasteiger partial charge in [0.05, 0.1) is 11.4 Å². The minimum absolute atomic E-state index is 0.147. The second-order valence-electron chi connectivity index (χ2n) is 7.16. The first-order valence-electron chi connectivity index (χ1n) is 9.03. The fourth-order valence-electron chi connectivity index (χ4n) is 3.10. The molecule has 0 fully saturated rings. The van der Waals surface area contributed by atoms with Crippen LogP contribution in [0.5, 0.6) is 0 Å². The molecule has 1 heterocycles. The summed E-state index contributed by atoms with van der Waals surface area (Å²) in [5.74, 6) is 0.140. The molecule has 6 heteroatoms. The number of carbonyl (C=O) groups excluding carboxylic acids is 2. The number of hydrogen-bond donors (Lipinski definition) is 1. The summed E-state index contributed by atoms with van der Waals surface area (Å²) < 4.78 is 1.72. The van der Waals surface area contributed by atoms with Crippen molar-refractivity contribution in [3.63, 3.8) is 0 Å². The van der Waals surface area contributed by atoms with Gasteiger partial charge in [-0.2, -0.15) is 5.10 Å². The van der Waals surface area contributed by atoms with E-state index in [1.165, 1.54) is 4.90 Å². The third kappa shape index (κ3) is 4.11. The molecule has 0 saturated heterocycles. The summed E-state index contributed by atoms with van der Waals surface area (Å²) in [5, 5.41) is 7.44. The van der Waals surface area contributed by atoms with E-state index in [1.807, 2.05) is 39.0 Å². The van der Waals surface area contributed by atoms with Crippen LogP contribution in [0.15, 0.2) is 48.5 Å². The van der Waals surface area contributed by atoms with Crippen LogP contribution in [0.25, 0.3) is 5.69 Å². The van der Waals surface area contributed by atoms with Gasteiger partial charge in [0.25, 0.3) is 11.8 Å². The highest BCUT2D eigenvalue weighted by atomic mass is 16.2. The molecule has 144 valence electrons. The highest BCUT2D eigenvalue weighted by Gasteiger charge is 2.15. The maximum atomic E-state index is 12.8. The number of nitrogens with one attached hydrogen (secondary N) is 1. The Morgan fingerprint density at radius 3 is 2.21 bits per heavy atom. The maximum absolute atomic E-state index is 12.8. The minimum Gasteiger partial charge on any atom is -0.345 e. The van der Waals surface area contributed by atoms with Gasteiger partial charge in [-0.1, -0.05) is 12.1 Å². The van der Waals surface area contributed by atoms with Gasteiger partial charge in [0.15, 0.2) is 0 Å². The smallest absolute Gasteiger partial charge is 0.256 e. The van der Waals surface area contributed by atoms with Crippen LogP contribution in [0.3, 0.4) is 0 Å². The van der Waals surface area contributed by atoms with Crippen molar-refractivity contribution in [1.29, 1.82) is 0 Å². The molecule has 2 aromatic carbocycles. The number of amides is 2. The number of benzene rings is 2. The Hall–Kier alpha value is -3.41. The minimum atomic E-state index is -0.293. The molecule has 28 heavy (non-hydrogen) atoms. The SMILES string of the molecule is Cc1cc(C)cc(-n2nc(C)cc2NC(=O)c2cccc(C(=O)N(C)C)c2)c1. The molecule has 2 amide bonds. The van der Waals surface area contributed by atoms with Crippen molar-refractivity contribution in [2.75, 3.05) is 19.4 Å². The molecule has 3 aromatic rings. The van der Waals surface area contributed by atoms with E-state index in [-0.39, 0.29) is 11.8 Å². The predicted molar refractivity (Wildman–Crippen MR) is 110 cm³/mol. The molecular weight excluding hydrogens is 352 g/mol. The van der Waals surface area contributed by atoms with Gasteiger partial charge in [-0.15, -0.1) is 0 Å². The maximum Gasteiger partial charge on any atom is 0.256 e. The first-order valence-corrected chi connectivity index (χ1v) is 9.03. The summed E-state index contributed by atoms with van der Waals surface area (Å²) >= 11 is 0. The summed E-state index contributed by atoms with van der Waals surface area (Å²) in [5.41, 5.74) is 4.81. The summed E-state index contributed by atoms with van der Waals surface area (Å²) in [6.07, 6.45) is 0. The van der Waals surface area contributed by atoms with Crippen LogP contribution in [0, 0.1) is 20.8 Å². The topological polar surface area (TPSA) is 67.2 Å². The summed E-state index contributed by atoms with van der Waals surface area (Å²) in [4.78, 5) is 26.5. The number of anilines is 1. The van der Waals surface area contributed by atoms with E-state index < -0.39 is 0 Å². The van der Waals surface area contributed by atoms with E-state index in [4.69, 9.17) is 0 Å². The Balaban J connectivity index is 1.92. The molecule has 0 aliphatic rings. The van der Waals surface area contributed by atoms with E-state index in [0.717, 1.165) is 22.5 Å². The van der Waals surface area contributed by atoms with Gasteiger partial charge in [-0.3, -0.25) is 9.59 Å². The van der Waals surface area contributed by atoms with Crippen LogP contribution in [0.2, 0.25) is 0 Å². The molecule has 0 unspecified atom stereocenters. The quantitative estimate of drug-likeness (QED) is 0.754. The number of rotatable bonds is 4. The Bertz CT molecular complexity index is 1030. The average Bonchev–Trinajstić information content (AvgIpc) is 3.00. The normalized spacial score (nSPS) is 10.6. The van der Waals surface area contributed by atoms with E-state index in [0.29, 0.717) is 16.9 Å². The second kappa shape index (κ2) is 7.68. The third-order valence-corrected chi connectivity index (χ3v) is 4.30. The van der Waals surface area contributed by atoms with Crippen molar-refractivity contribution < 1.29 is 9.59 Å². The highest BCUT2D eigenvalue weighted by molar-refractivity contribution is 6.05. The molecule has 0 atom stereocenters. The number of nitrogens with zero attached hydrogens (tertiary/aromatic N) is 3. The molecule has 0 aliphatic carbocycles. The van der Waals surface area contributed by atoms with Crippen molar-refractivity contribution in [2.24, 2.45) is 0 Å². The number of hydrogen-bond acceptors (Lipinski definition) is 3. The molecule has 3 rings (SSSR count). The standard InChI is InChI=1S/C22H24N4O2/c1-14-9-15(2)11-19(10-14)26-20(12-16(3)24-26)23-21(27)17-7-6-8-18(13-17)22(28)25(4)5/h6-13H,1-5H3,(H,23,27). The number of aromatic nitrogens is 2. The van der Waals surface area contributed by atoms with Crippen molar-refractivity contribution in [3.05, 3.63) is 76.5 Å². The lowest BCUT2D eigenvalue weighted by Crippen LogP contribution is -2.22. The molecule has 6 nitrogen and oxygen atoms in total. The van der Waals surface area contributed by atoms with Gasteiger partial charge < -0.3 is 10.2 Å². The van der Waals surface area contributed by atoms with Crippen molar-refractivity contribution in [1.82, 2.24) is 14.7 Å². The van der Waals surface area contributed by atoms with E-state index in [2.05, 4.69) is 16.5 Å². The number of carbonyl (C=O) groups is 2. The molecule has 0 aliphatic heterocycles. The highest BCUT2D eigenvalue weighted by Crippen LogP contribution is 2.20. The summed E-state index contributed by atoms with van der Waals surface area (Å²) in [6, 6.07) is 14.6. The fraction of sp³-hybridized carbons (Fsp3) is 0.227. The van der Waals surface area contributed by atoms with E-state index in [1.54, 1.807) is 43.0 Å². The molecule has 0 bridgehead atoms. The van der Waals surface area contributed by atoms with Gasteiger partial charge in [-0.05, 0) is 62.2 Å². The van der Waals surface area contributed by atoms with Crippen molar-refractivity contribution in [2.45, 2.75) is 20.8 Å². The molecule has 1 N–H and O–H groups in total. The van der Waals surface area contributed by atoms with Crippen molar-refractivity contribution >= 4 is 17.6 Å². The summed E-state index contributed by atoms with van der Waals surface area (Å²) in [7, 11) is 3.36. The van der Waals surface area contributed by atoms with Gasteiger partial charge in [0.2, 0.25) is 0 Å². The largest absolute Gasteiger partial charge is 0.345 e. The lowest BCUT2D eigenvalue weighted by atomic mass is 10.1. The molecule has 0 radical (unpaired) electrons. The zero-order valence-electron chi connectivity index (χ0n) is 16.8. The Labute approximate surface area is 164 Å². The van der Waals surface area contributed by atoms with Gasteiger partial charge in [0.1, 0.15) is 5.82 Å². The van der Waals surface area contributed by atoms with Crippen LogP contribution < -0.4 is 5.32 Å². The van der Waals surface area contributed by atoms with Crippen LogP contribution in [0.1, 0.15) is 37.5 Å². The van der Waals surface area contributed by atoms with Crippen LogP contribution in [-0.4, -0.2) is 40.6 Å². The monoisotopic (exact) mass is 376 g/mol. The molecule has 1 aromatic heterocycles. The van der Waals surface area contributed by atoms with E-state index in [9.17, 15) is 9.59 Å². The first-order chi connectivity index (χ1) is 13.2. The van der Waals surface area contributed by atoms with Crippen LogP contribution >= 0.6 is 0 Å². The number of aryl methyl sites for hydroxylation is 3. The lowest BCUT2D eigenvalue weighted by molar-refractivity contribution is 0.0827. The molecule has 0 spiro atoms. The van der Waals surface area contributed by atoms with Crippen molar-refractivity contribution in [3.8, 4) is 5.69 Å². The molecule has 0 saturated carbocycles. The predicted octanol–water partition coefficient (Wildman–Crippen LogP) is 3.75. The Morgan fingerprint density at radius 1 is 0.929 bits per heavy atom. The van der Waals surface area contributed by atoms with E-state index >= 15 is 0 Å². The summed E-state index contributed by atoms with van der Waals surface area (Å²) in [6.45, 7) is 5.93. The average molecular weight is 376 g/mol. The fourth-order valence-corrected chi connectivity index (χ4v) is 3.10. The zero-order valence-corrected chi connectivity index (χ0v) is 16.8. The van der Waals surface area contributed by atoms with Gasteiger partial charge in [-0.25, -0.2) is 4.68 Å². The van der Waals surface area contributed by atoms with Crippen LogP contribution in [0.4, 0.5) is 5.82 Å². The lowest BCUT2D eigenvalue weighted by Gasteiger charge is -2.12. The Morgan fingerprint density at radius 2 is 1.57 bits per heavy atom. The van der Waals surface area contributed by atoms with Gasteiger partial charge >= 0.3 is 0 Å². The zero-order chi connectivity index (χ0) is 20.4. The first kappa shape index (κ1) is 19.4. The molecular formula is C22H24N4O2. The second-order valence-corrected chi connectivity index (χ2v) is 7.16. The van der Waals surface area contributed by atoms with Gasteiger partial charge in [0, 0.05) is 31.3 Å². The Kier molecular flexibility index (Phi) is 5.31. The third-order valence-electron chi connectivity index (χ3n) is 4.30.